The van der Waals surface area contributed by atoms with Gasteiger partial charge in [0.25, 0.3) is 5.91 Å². The Balaban J connectivity index is 1.30. The Morgan fingerprint density at radius 3 is 2.46 bits per heavy atom. The lowest BCUT2D eigenvalue weighted by atomic mass is 10.1. The standard InChI is InChI=1S/C31H26FN3O2S2/c32-27-13-7-4-8-22(27)20-37-26-16-14-21(15-17-26)29-23(19-34(33-29)24-9-2-1-3-10-24)18-28-30(36)35(31(38)39-28)25-11-5-6-12-25/h1-4,7-10,13-19,25H,5-6,11-12,20H2/b28-18-. The lowest BCUT2D eigenvalue weighted by Crippen LogP contribution is -2.36. The molecule has 4 aromatic rings. The molecule has 0 spiro atoms. The number of halogens is 1. The maximum atomic E-state index is 14.0. The van der Waals surface area contributed by atoms with Gasteiger partial charge in [-0.15, -0.1) is 0 Å². The molecule has 1 aromatic heterocycles. The molecule has 5 nitrogen and oxygen atoms in total. The normalized spacial score (nSPS) is 16.9. The molecule has 39 heavy (non-hydrogen) atoms. The van der Waals surface area contributed by atoms with E-state index in [0.717, 1.165) is 48.2 Å². The van der Waals surface area contributed by atoms with E-state index in [1.54, 1.807) is 18.2 Å². The molecule has 1 aliphatic carbocycles. The highest BCUT2D eigenvalue weighted by Crippen LogP contribution is 2.39. The number of aromatic nitrogens is 2. The van der Waals surface area contributed by atoms with E-state index in [-0.39, 0.29) is 24.4 Å². The summed E-state index contributed by atoms with van der Waals surface area (Å²) in [5.74, 6) is 0.319. The maximum Gasteiger partial charge on any atom is 0.266 e. The van der Waals surface area contributed by atoms with Crippen LogP contribution in [-0.4, -0.2) is 30.9 Å². The first kappa shape index (κ1) is 25.5. The first-order valence-electron chi connectivity index (χ1n) is 13.0. The van der Waals surface area contributed by atoms with Gasteiger partial charge in [-0.3, -0.25) is 9.69 Å². The van der Waals surface area contributed by atoms with Crippen LogP contribution >= 0.6 is 24.0 Å². The van der Waals surface area contributed by atoms with Gasteiger partial charge >= 0.3 is 0 Å². The molecule has 1 aliphatic heterocycles. The summed E-state index contributed by atoms with van der Waals surface area (Å²) in [6.45, 7) is 0.142. The summed E-state index contributed by atoms with van der Waals surface area (Å²) in [5.41, 5.74) is 3.86. The Hall–Kier alpha value is -3.75. The lowest BCUT2D eigenvalue weighted by Gasteiger charge is -2.21. The molecule has 1 amide bonds. The average molecular weight is 556 g/mol. The average Bonchev–Trinajstić information content (AvgIpc) is 3.69. The first-order chi connectivity index (χ1) is 19.1. The van der Waals surface area contributed by atoms with Gasteiger partial charge in [-0.05, 0) is 61.4 Å². The van der Waals surface area contributed by atoms with Gasteiger partial charge in [-0.25, -0.2) is 9.07 Å². The predicted octanol–water partition coefficient (Wildman–Crippen LogP) is 7.40. The van der Waals surface area contributed by atoms with Crippen molar-refractivity contribution in [1.29, 1.82) is 0 Å². The third-order valence-electron chi connectivity index (χ3n) is 7.04. The zero-order valence-electron chi connectivity index (χ0n) is 21.1. The Kier molecular flexibility index (Phi) is 7.30. The number of hydrogen-bond donors (Lipinski definition) is 0. The summed E-state index contributed by atoms with van der Waals surface area (Å²) < 4.78 is 22.2. The number of nitrogens with zero attached hydrogens (tertiary/aromatic N) is 3. The summed E-state index contributed by atoms with van der Waals surface area (Å²) >= 11 is 6.97. The van der Waals surface area contributed by atoms with Crippen LogP contribution in [0.25, 0.3) is 23.0 Å². The molecule has 0 bridgehead atoms. The van der Waals surface area contributed by atoms with Gasteiger partial charge in [0.05, 0.1) is 16.3 Å². The van der Waals surface area contributed by atoms with E-state index in [0.29, 0.717) is 20.5 Å². The number of rotatable bonds is 7. The van der Waals surface area contributed by atoms with Crippen molar-refractivity contribution in [2.45, 2.75) is 38.3 Å². The van der Waals surface area contributed by atoms with Crippen LogP contribution in [0.15, 0.2) is 90.0 Å². The highest BCUT2D eigenvalue weighted by atomic mass is 32.2. The monoisotopic (exact) mass is 555 g/mol. The molecule has 1 saturated heterocycles. The second-order valence-electron chi connectivity index (χ2n) is 9.61. The number of amides is 1. The third-order valence-corrected chi connectivity index (χ3v) is 8.37. The summed E-state index contributed by atoms with van der Waals surface area (Å²) in [5, 5.41) is 4.88. The van der Waals surface area contributed by atoms with Crippen molar-refractivity contribution in [3.05, 3.63) is 107 Å². The summed E-state index contributed by atoms with van der Waals surface area (Å²) in [4.78, 5) is 15.8. The second kappa shape index (κ2) is 11.2. The number of carbonyl (C=O) groups excluding carboxylic acids is 1. The van der Waals surface area contributed by atoms with Crippen LogP contribution < -0.4 is 4.74 Å². The second-order valence-corrected chi connectivity index (χ2v) is 11.3. The van der Waals surface area contributed by atoms with Crippen molar-refractivity contribution in [1.82, 2.24) is 14.7 Å². The van der Waals surface area contributed by atoms with Crippen LogP contribution in [-0.2, 0) is 11.4 Å². The molecule has 6 rings (SSSR count). The van der Waals surface area contributed by atoms with Crippen molar-refractivity contribution in [3.8, 4) is 22.7 Å². The smallest absolute Gasteiger partial charge is 0.266 e. The minimum absolute atomic E-state index is 0.0211. The fraction of sp³-hybridized carbons (Fsp3) is 0.194. The van der Waals surface area contributed by atoms with Gasteiger partial charge in [0, 0.05) is 28.9 Å². The van der Waals surface area contributed by atoms with Crippen molar-refractivity contribution >= 4 is 40.3 Å². The van der Waals surface area contributed by atoms with Crippen LogP contribution in [0.2, 0.25) is 0 Å². The van der Waals surface area contributed by atoms with Crippen LogP contribution in [0, 0.1) is 5.82 Å². The molecule has 2 aliphatic rings. The Labute approximate surface area is 236 Å². The quantitative estimate of drug-likeness (QED) is 0.176. The zero-order valence-corrected chi connectivity index (χ0v) is 22.8. The highest BCUT2D eigenvalue weighted by molar-refractivity contribution is 8.26. The van der Waals surface area contributed by atoms with Crippen molar-refractivity contribution < 1.29 is 13.9 Å². The minimum Gasteiger partial charge on any atom is -0.489 e. The molecule has 8 heteroatoms. The van der Waals surface area contributed by atoms with Crippen molar-refractivity contribution in [2.75, 3.05) is 0 Å². The first-order valence-corrected chi connectivity index (χ1v) is 14.2. The summed E-state index contributed by atoms with van der Waals surface area (Å²) in [7, 11) is 0. The van der Waals surface area contributed by atoms with E-state index in [1.165, 1.54) is 17.8 Å². The van der Waals surface area contributed by atoms with Gasteiger partial charge in [-0.1, -0.05) is 73.2 Å². The molecule has 0 N–H and O–H groups in total. The topological polar surface area (TPSA) is 47.4 Å². The van der Waals surface area contributed by atoms with E-state index in [2.05, 4.69) is 0 Å². The molecule has 0 radical (unpaired) electrons. The van der Waals surface area contributed by atoms with Crippen molar-refractivity contribution in [2.24, 2.45) is 0 Å². The molecular formula is C31H26FN3O2S2. The molecule has 196 valence electrons. The van der Waals surface area contributed by atoms with Gasteiger partial charge in [0.1, 0.15) is 22.5 Å². The van der Waals surface area contributed by atoms with E-state index in [1.807, 2.05) is 76.5 Å². The van der Waals surface area contributed by atoms with Crippen LogP contribution in [0.5, 0.6) is 5.75 Å². The fourth-order valence-corrected chi connectivity index (χ4v) is 6.41. The molecular weight excluding hydrogens is 529 g/mol. The maximum absolute atomic E-state index is 14.0. The largest absolute Gasteiger partial charge is 0.489 e. The Bertz CT molecular complexity index is 1540. The molecule has 0 atom stereocenters. The lowest BCUT2D eigenvalue weighted by molar-refractivity contribution is -0.123. The number of para-hydroxylation sites is 1. The van der Waals surface area contributed by atoms with E-state index in [9.17, 15) is 9.18 Å². The van der Waals surface area contributed by atoms with E-state index < -0.39 is 0 Å². The molecule has 2 heterocycles. The fourth-order valence-electron chi connectivity index (χ4n) is 5.01. The number of benzene rings is 3. The summed E-state index contributed by atoms with van der Waals surface area (Å²) in [6.07, 6.45) is 8.11. The van der Waals surface area contributed by atoms with Crippen LogP contribution in [0.1, 0.15) is 36.8 Å². The van der Waals surface area contributed by atoms with Crippen LogP contribution in [0.3, 0.4) is 0 Å². The Morgan fingerprint density at radius 1 is 1.00 bits per heavy atom. The number of ether oxygens (including phenoxy) is 1. The SMILES string of the molecule is O=C1/C(=C/c2cn(-c3ccccc3)nc2-c2ccc(OCc3ccccc3F)cc2)SC(=S)N1C1CCCC1. The number of carbonyl (C=O) groups is 1. The van der Waals surface area contributed by atoms with Gasteiger partial charge < -0.3 is 4.74 Å². The van der Waals surface area contributed by atoms with Crippen molar-refractivity contribution in [3.63, 3.8) is 0 Å². The molecule has 2 fully saturated rings. The van der Waals surface area contributed by atoms with E-state index >= 15 is 0 Å². The number of hydrogen-bond acceptors (Lipinski definition) is 5. The van der Waals surface area contributed by atoms with Gasteiger partial charge in [-0.2, -0.15) is 5.10 Å². The van der Waals surface area contributed by atoms with Gasteiger partial charge in [0.2, 0.25) is 0 Å². The molecule has 0 unspecified atom stereocenters. The van der Waals surface area contributed by atoms with Gasteiger partial charge in [0.15, 0.2) is 0 Å². The molecule has 1 saturated carbocycles. The zero-order chi connectivity index (χ0) is 26.8. The highest BCUT2D eigenvalue weighted by Gasteiger charge is 2.38. The van der Waals surface area contributed by atoms with E-state index in [4.69, 9.17) is 22.1 Å². The Morgan fingerprint density at radius 2 is 1.72 bits per heavy atom. The predicted molar refractivity (Wildman–Crippen MR) is 157 cm³/mol. The summed E-state index contributed by atoms with van der Waals surface area (Å²) in [6, 6.07) is 24.2. The molecule has 3 aromatic carbocycles. The minimum atomic E-state index is -0.288. The number of thioether (sulfide) groups is 1. The van der Waals surface area contributed by atoms with Crippen LogP contribution in [0.4, 0.5) is 4.39 Å². The third kappa shape index (κ3) is 5.40. The number of thiocarbonyl (C=S) groups is 1.